The van der Waals surface area contributed by atoms with Crippen LogP contribution in [0.4, 0.5) is 17.2 Å². The first kappa shape index (κ1) is 23.8. The Morgan fingerprint density at radius 2 is 1.95 bits per heavy atom. The van der Waals surface area contributed by atoms with Gasteiger partial charge in [0.25, 0.3) is 0 Å². The van der Waals surface area contributed by atoms with Crippen molar-refractivity contribution in [3.8, 4) is 11.8 Å². The van der Waals surface area contributed by atoms with Crippen molar-refractivity contribution in [1.82, 2.24) is 9.97 Å². The highest BCUT2D eigenvalue weighted by atomic mass is 32.2. The smallest absolute Gasteiger partial charge is 0.235 e. The summed E-state index contributed by atoms with van der Waals surface area (Å²) in [6.07, 6.45) is 5.31. The Morgan fingerprint density at radius 3 is 2.69 bits per heavy atom. The number of fused-ring (bicyclic) bond motifs is 3. The van der Waals surface area contributed by atoms with Gasteiger partial charge in [0.05, 0.1) is 33.6 Å². The van der Waals surface area contributed by atoms with E-state index in [9.17, 15) is 9.00 Å². The zero-order valence-corrected chi connectivity index (χ0v) is 22.0. The Hall–Kier alpha value is -4.26. The number of hydrogen-bond donors (Lipinski definition) is 3. The van der Waals surface area contributed by atoms with Gasteiger partial charge in [0.1, 0.15) is 11.5 Å². The summed E-state index contributed by atoms with van der Waals surface area (Å²) in [5, 5.41) is 7.87. The third-order valence-electron chi connectivity index (χ3n) is 7.83. The van der Waals surface area contributed by atoms with E-state index in [0.29, 0.717) is 29.6 Å². The fourth-order valence-electron chi connectivity index (χ4n) is 5.19. The Kier molecular flexibility index (Phi) is 5.27. The van der Waals surface area contributed by atoms with Crippen LogP contribution in [0, 0.1) is 23.5 Å². The van der Waals surface area contributed by atoms with E-state index in [-0.39, 0.29) is 16.6 Å². The fraction of sp³-hybridized carbons (Fsp3) is 0.233. The monoisotopic (exact) mass is 535 g/mol. The Bertz CT molecular complexity index is 1870. The average molecular weight is 536 g/mol. The van der Waals surface area contributed by atoms with Crippen molar-refractivity contribution >= 4 is 43.6 Å². The van der Waals surface area contributed by atoms with Gasteiger partial charge in [-0.15, -0.1) is 0 Å². The van der Waals surface area contributed by atoms with E-state index in [1.807, 2.05) is 43.3 Å². The van der Waals surface area contributed by atoms with Gasteiger partial charge < -0.3 is 15.4 Å². The van der Waals surface area contributed by atoms with Crippen LogP contribution in [-0.4, -0.2) is 38.5 Å². The summed E-state index contributed by atoms with van der Waals surface area (Å²) in [4.78, 5) is 21.9. The number of amides is 1. The molecular formula is C30H25N5O3S. The average Bonchev–Trinajstić information content (AvgIpc) is 3.64. The maximum atomic E-state index is 13.0. The molecule has 0 bridgehead atoms. The SMILES string of the molecule is Cc1cc(S(=N)(=O)C2COC2)ccc1Nc1cc2c(C#Cc3ccc4c(c3)NC(=O)C43CC3)nccc2cn1. The fourth-order valence-corrected chi connectivity index (χ4v) is 6.78. The van der Waals surface area contributed by atoms with Crippen LogP contribution >= 0.6 is 0 Å². The quantitative estimate of drug-likeness (QED) is 0.321. The van der Waals surface area contributed by atoms with Crippen LogP contribution in [0.2, 0.25) is 0 Å². The van der Waals surface area contributed by atoms with Gasteiger partial charge in [-0.2, -0.15) is 0 Å². The summed E-state index contributed by atoms with van der Waals surface area (Å²) in [5.74, 6) is 7.13. The molecule has 8 nitrogen and oxygen atoms in total. The molecule has 1 aliphatic carbocycles. The first-order valence-electron chi connectivity index (χ1n) is 12.8. The summed E-state index contributed by atoms with van der Waals surface area (Å²) in [7, 11) is -2.90. The van der Waals surface area contributed by atoms with Gasteiger partial charge in [-0.05, 0) is 79.3 Å². The zero-order valence-electron chi connectivity index (χ0n) is 21.2. The lowest BCUT2D eigenvalue weighted by molar-refractivity contribution is -0.117. The summed E-state index contributed by atoms with van der Waals surface area (Å²) in [6.45, 7) is 2.65. The van der Waals surface area contributed by atoms with E-state index in [4.69, 9.17) is 9.52 Å². The molecular weight excluding hydrogens is 510 g/mol. The predicted octanol–water partition coefficient (Wildman–Crippen LogP) is 4.87. The van der Waals surface area contributed by atoms with Crippen molar-refractivity contribution in [3.05, 3.63) is 83.3 Å². The molecule has 2 fully saturated rings. The van der Waals surface area contributed by atoms with E-state index >= 15 is 0 Å². The second-order valence-corrected chi connectivity index (χ2v) is 12.7. The maximum Gasteiger partial charge on any atom is 0.235 e. The van der Waals surface area contributed by atoms with Gasteiger partial charge in [-0.3, -0.25) is 4.79 Å². The minimum Gasteiger partial charge on any atom is -0.379 e. The summed E-state index contributed by atoms with van der Waals surface area (Å²) in [5.41, 5.74) is 4.76. The first-order chi connectivity index (χ1) is 18.8. The summed E-state index contributed by atoms with van der Waals surface area (Å²) < 4.78 is 26.5. The van der Waals surface area contributed by atoms with Crippen molar-refractivity contribution in [3.63, 3.8) is 0 Å². The summed E-state index contributed by atoms with van der Waals surface area (Å²) in [6, 6.07) is 15.1. The molecule has 9 heteroatoms. The van der Waals surface area contributed by atoms with Crippen molar-refractivity contribution < 1.29 is 13.7 Å². The number of rotatable bonds is 4. The number of hydrogen-bond acceptors (Lipinski definition) is 7. The largest absolute Gasteiger partial charge is 0.379 e. The van der Waals surface area contributed by atoms with Gasteiger partial charge in [-0.1, -0.05) is 12.0 Å². The van der Waals surface area contributed by atoms with Crippen LogP contribution < -0.4 is 10.6 Å². The molecule has 1 spiro atoms. The number of pyridine rings is 2. The highest BCUT2D eigenvalue weighted by molar-refractivity contribution is 7.93. The molecule has 1 saturated carbocycles. The van der Waals surface area contributed by atoms with Gasteiger partial charge in [0, 0.05) is 45.0 Å². The third-order valence-corrected chi connectivity index (χ3v) is 9.99. The first-order valence-corrected chi connectivity index (χ1v) is 14.4. The van der Waals surface area contributed by atoms with Crippen LogP contribution in [0.25, 0.3) is 10.8 Å². The molecule has 39 heavy (non-hydrogen) atoms. The normalized spacial score (nSPS) is 18.4. The van der Waals surface area contributed by atoms with E-state index < -0.39 is 9.73 Å². The van der Waals surface area contributed by atoms with Crippen LogP contribution in [0.15, 0.2) is 65.8 Å². The topological polar surface area (TPSA) is 117 Å². The van der Waals surface area contributed by atoms with Crippen LogP contribution in [0.5, 0.6) is 0 Å². The molecule has 1 amide bonds. The number of aromatic nitrogens is 2. The highest BCUT2D eigenvalue weighted by Crippen LogP contribution is 2.55. The molecule has 4 heterocycles. The molecule has 2 aromatic carbocycles. The van der Waals surface area contributed by atoms with Gasteiger partial charge in [-0.25, -0.2) is 19.0 Å². The number of aryl methyl sites for hydroxylation is 1. The van der Waals surface area contributed by atoms with Crippen molar-refractivity contribution in [2.75, 3.05) is 23.8 Å². The van der Waals surface area contributed by atoms with Crippen molar-refractivity contribution in [1.29, 1.82) is 4.78 Å². The molecule has 1 atom stereocenters. The van der Waals surface area contributed by atoms with Gasteiger partial charge >= 0.3 is 0 Å². The third kappa shape index (κ3) is 3.95. The predicted molar refractivity (Wildman–Crippen MR) is 150 cm³/mol. The van der Waals surface area contributed by atoms with E-state index in [1.54, 1.807) is 24.5 Å². The van der Waals surface area contributed by atoms with Crippen LogP contribution in [0.1, 0.15) is 35.2 Å². The molecule has 1 unspecified atom stereocenters. The molecule has 1 saturated heterocycles. The number of benzene rings is 2. The maximum absolute atomic E-state index is 13.0. The number of carbonyl (C=O) groups is 1. The number of anilines is 3. The second kappa shape index (κ2) is 8.63. The Balaban J connectivity index is 1.17. The molecule has 2 aromatic heterocycles. The molecule has 7 rings (SSSR count). The number of nitrogens with one attached hydrogen (secondary N) is 3. The van der Waals surface area contributed by atoms with Crippen molar-refractivity contribution in [2.45, 2.75) is 35.3 Å². The molecule has 3 aliphatic rings. The van der Waals surface area contributed by atoms with E-state index in [1.165, 1.54) is 0 Å². The van der Waals surface area contributed by atoms with Gasteiger partial charge in [0.2, 0.25) is 5.91 Å². The molecule has 3 N–H and O–H groups in total. The Morgan fingerprint density at radius 1 is 1.10 bits per heavy atom. The number of ether oxygens (including phenoxy) is 1. The minimum atomic E-state index is -2.90. The molecule has 4 aromatic rings. The van der Waals surface area contributed by atoms with Crippen molar-refractivity contribution in [2.24, 2.45) is 0 Å². The lowest BCUT2D eigenvalue weighted by atomic mass is 9.97. The lowest BCUT2D eigenvalue weighted by Crippen LogP contribution is -2.40. The zero-order chi connectivity index (χ0) is 26.8. The van der Waals surface area contributed by atoms with E-state index in [2.05, 4.69) is 32.4 Å². The van der Waals surface area contributed by atoms with Crippen LogP contribution in [-0.2, 0) is 24.7 Å². The van der Waals surface area contributed by atoms with Gasteiger partial charge in [0.15, 0.2) is 0 Å². The molecule has 0 radical (unpaired) electrons. The lowest BCUT2D eigenvalue weighted by Gasteiger charge is -2.28. The standard InChI is InChI=1S/C30H25N5O3S/c1-18-12-21(39(31,37)22-16-38-17-22)4-7-25(18)34-28-14-23-20(15-33-28)8-11-32-26(23)6-3-19-2-5-24-27(13-19)35-29(36)30(24)9-10-30/h2,4-5,7-8,11-15,22,31H,9-10,16-17H2,1H3,(H,33,34)(H,35,36). The second-order valence-electron chi connectivity index (χ2n) is 10.4. The number of carbonyl (C=O) groups excluding carboxylic acids is 1. The highest BCUT2D eigenvalue weighted by Gasteiger charge is 2.56. The minimum absolute atomic E-state index is 0.0944. The Labute approximate surface area is 226 Å². The van der Waals surface area contributed by atoms with Crippen LogP contribution in [0.3, 0.4) is 0 Å². The summed E-state index contributed by atoms with van der Waals surface area (Å²) >= 11 is 0. The molecule has 2 aliphatic heterocycles. The number of nitrogens with zero attached hydrogens (tertiary/aromatic N) is 2. The molecule has 194 valence electrons. The van der Waals surface area contributed by atoms with E-state index in [0.717, 1.165) is 51.7 Å².